The first-order valence-corrected chi connectivity index (χ1v) is 17.0. The van der Waals surface area contributed by atoms with Crippen molar-refractivity contribution in [3.05, 3.63) is 99.6 Å². The topological polar surface area (TPSA) is 111 Å². The number of hydrogen-bond acceptors (Lipinski definition) is 8. The largest absolute Gasteiger partial charge is 0.478 e. The van der Waals surface area contributed by atoms with Crippen molar-refractivity contribution in [1.29, 1.82) is 0 Å². The Hall–Kier alpha value is -4.23. The first kappa shape index (κ1) is 34.6. The third-order valence-electron chi connectivity index (χ3n) is 8.88. The van der Waals surface area contributed by atoms with Crippen molar-refractivity contribution >= 4 is 46.0 Å². The maximum atomic E-state index is 14.3. The SMILES string of the molecule is CC.Cc1nccn1CCn1c(CN2CCN(c3cccc(OCc4ccc(Cl)cc4F)n3)C3COCC32)nc2c(Cl)cc(C(=O)O)cc21. The fourth-order valence-corrected chi connectivity index (χ4v) is 6.83. The van der Waals surface area contributed by atoms with Crippen molar-refractivity contribution in [1.82, 2.24) is 29.0 Å². The summed E-state index contributed by atoms with van der Waals surface area (Å²) in [6.07, 6.45) is 3.69. The van der Waals surface area contributed by atoms with Gasteiger partial charge in [0, 0.05) is 55.2 Å². The second-order valence-electron chi connectivity index (χ2n) is 11.7. The molecule has 1 N–H and O–H groups in total. The molecular weight excluding hydrogens is 672 g/mol. The second-order valence-corrected chi connectivity index (χ2v) is 12.5. The van der Waals surface area contributed by atoms with Gasteiger partial charge in [-0.15, -0.1) is 0 Å². The molecule has 49 heavy (non-hydrogen) atoms. The fourth-order valence-electron chi connectivity index (χ4n) is 6.41. The predicted octanol–water partition coefficient (Wildman–Crippen LogP) is 6.48. The number of aromatic nitrogens is 5. The number of fused-ring (bicyclic) bond motifs is 2. The van der Waals surface area contributed by atoms with Crippen LogP contribution >= 0.6 is 23.2 Å². The Morgan fingerprint density at radius 1 is 1.06 bits per heavy atom. The Morgan fingerprint density at radius 2 is 1.88 bits per heavy atom. The molecule has 2 aliphatic heterocycles. The summed E-state index contributed by atoms with van der Waals surface area (Å²) >= 11 is 12.5. The Balaban J connectivity index is 0.00000205. The normalized spacial score (nSPS) is 17.6. The molecule has 2 fully saturated rings. The molecule has 3 aromatic heterocycles. The molecule has 5 aromatic rings. The maximum Gasteiger partial charge on any atom is 0.335 e. The van der Waals surface area contributed by atoms with Crippen molar-refractivity contribution in [2.45, 2.75) is 59.1 Å². The number of imidazole rings is 2. The minimum absolute atomic E-state index is 0.0296. The maximum absolute atomic E-state index is 14.3. The number of piperazine rings is 1. The van der Waals surface area contributed by atoms with Crippen LogP contribution < -0.4 is 9.64 Å². The number of hydrogen-bond donors (Lipinski definition) is 1. The highest BCUT2D eigenvalue weighted by molar-refractivity contribution is 6.35. The van der Waals surface area contributed by atoms with E-state index in [-0.39, 0.29) is 24.3 Å². The second kappa shape index (κ2) is 15.1. The van der Waals surface area contributed by atoms with Gasteiger partial charge in [-0.1, -0.05) is 49.2 Å². The molecule has 5 heterocycles. The molecule has 2 saturated heterocycles. The molecule has 258 valence electrons. The summed E-state index contributed by atoms with van der Waals surface area (Å²) in [5.74, 6) is 1.37. The number of carboxylic acid groups (broad SMARTS) is 1. The Kier molecular flexibility index (Phi) is 10.7. The summed E-state index contributed by atoms with van der Waals surface area (Å²) in [7, 11) is 0. The highest BCUT2D eigenvalue weighted by atomic mass is 35.5. The minimum Gasteiger partial charge on any atom is -0.478 e. The van der Waals surface area contributed by atoms with E-state index in [2.05, 4.69) is 23.9 Å². The van der Waals surface area contributed by atoms with E-state index >= 15 is 0 Å². The van der Waals surface area contributed by atoms with Gasteiger partial charge < -0.3 is 28.6 Å². The average molecular weight is 711 g/mol. The van der Waals surface area contributed by atoms with Crippen molar-refractivity contribution < 1.29 is 23.8 Å². The zero-order valence-electron chi connectivity index (χ0n) is 27.5. The van der Waals surface area contributed by atoms with Gasteiger partial charge in [-0.2, -0.15) is 4.98 Å². The number of anilines is 1. The number of carbonyl (C=O) groups is 1. The van der Waals surface area contributed by atoms with Crippen LogP contribution in [0.5, 0.6) is 5.88 Å². The van der Waals surface area contributed by atoms with Crippen LogP contribution in [0.4, 0.5) is 10.2 Å². The number of benzene rings is 2. The molecule has 2 unspecified atom stereocenters. The summed E-state index contributed by atoms with van der Waals surface area (Å²) in [5.41, 5.74) is 1.77. The summed E-state index contributed by atoms with van der Waals surface area (Å²) in [5, 5.41) is 10.4. The molecule has 0 radical (unpaired) electrons. The summed E-state index contributed by atoms with van der Waals surface area (Å²) in [4.78, 5) is 30.5. The zero-order valence-corrected chi connectivity index (χ0v) is 29.0. The van der Waals surface area contributed by atoms with Crippen LogP contribution in [0.2, 0.25) is 10.0 Å². The fraction of sp³-hybridized carbons (Fsp3) is 0.371. The van der Waals surface area contributed by atoms with Crippen molar-refractivity contribution in [2.24, 2.45) is 0 Å². The van der Waals surface area contributed by atoms with Crippen LogP contribution in [0.1, 0.15) is 41.4 Å². The lowest BCUT2D eigenvalue weighted by molar-refractivity contribution is 0.0697. The number of ether oxygens (including phenoxy) is 2. The quantitative estimate of drug-likeness (QED) is 0.174. The molecule has 11 nitrogen and oxygen atoms in total. The highest BCUT2D eigenvalue weighted by Crippen LogP contribution is 2.32. The lowest BCUT2D eigenvalue weighted by Gasteiger charge is -2.44. The number of aryl methyl sites for hydroxylation is 3. The van der Waals surface area contributed by atoms with Gasteiger partial charge in [-0.3, -0.25) is 4.90 Å². The van der Waals surface area contributed by atoms with Crippen LogP contribution in [0, 0.1) is 12.7 Å². The first-order chi connectivity index (χ1) is 23.7. The molecule has 0 spiro atoms. The standard InChI is InChI=1S/C33H32Cl2FN7O4.C2H6/c1-20-37-7-8-40(20)9-11-42-26-14-22(33(44)45)13-24(35)32(26)39-30(42)16-41-10-12-43(28-19-46-18-27(28)41)29-3-2-4-31(38-29)47-17-21-5-6-23(34)15-25(21)36;1-2/h2-8,13-15,27-28H,9-12,16-19H2,1H3,(H,44,45);1-2H3. The monoisotopic (exact) mass is 709 g/mol. The van der Waals surface area contributed by atoms with E-state index in [1.54, 1.807) is 30.5 Å². The van der Waals surface area contributed by atoms with Crippen molar-refractivity contribution in [2.75, 3.05) is 31.2 Å². The lowest BCUT2D eigenvalue weighted by atomic mass is 10.0. The number of pyridine rings is 1. The molecule has 0 bridgehead atoms. The van der Waals surface area contributed by atoms with E-state index < -0.39 is 11.8 Å². The molecule has 2 aliphatic rings. The molecule has 0 saturated carbocycles. The summed E-state index contributed by atoms with van der Waals surface area (Å²) in [6, 6.07) is 13.3. The van der Waals surface area contributed by atoms with E-state index in [0.29, 0.717) is 78.5 Å². The molecule has 0 aliphatic carbocycles. The molecular formula is C35H38Cl2FN7O4. The number of halogens is 3. The van der Waals surface area contributed by atoms with E-state index in [1.807, 2.05) is 39.1 Å². The molecule has 14 heteroatoms. The van der Waals surface area contributed by atoms with Gasteiger partial charge in [-0.25, -0.2) is 19.2 Å². The van der Waals surface area contributed by atoms with Crippen LogP contribution in [-0.2, 0) is 31.0 Å². The third kappa shape index (κ3) is 7.37. The number of aromatic carboxylic acids is 1. The van der Waals surface area contributed by atoms with Gasteiger partial charge in [0.15, 0.2) is 0 Å². The van der Waals surface area contributed by atoms with Crippen molar-refractivity contribution in [3.8, 4) is 5.88 Å². The van der Waals surface area contributed by atoms with Crippen molar-refractivity contribution in [3.63, 3.8) is 0 Å². The third-order valence-corrected chi connectivity index (χ3v) is 9.40. The zero-order chi connectivity index (χ0) is 34.7. The van der Waals surface area contributed by atoms with Crippen LogP contribution in [-0.4, -0.2) is 78.4 Å². The number of carboxylic acids is 1. The summed E-state index contributed by atoms with van der Waals surface area (Å²) in [6.45, 7) is 10.2. The van der Waals surface area contributed by atoms with Crippen LogP contribution in [0.3, 0.4) is 0 Å². The van der Waals surface area contributed by atoms with Gasteiger partial charge in [0.1, 0.15) is 35.4 Å². The molecule has 7 rings (SSSR count). The predicted molar refractivity (Wildman–Crippen MR) is 186 cm³/mol. The lowest BCUT2D eigenvalue weighted by Crippen LogP contribution is -2.59. The average Bonchev–Trinajstić information content (AvgIpc) is 3.84. The Labute approximate surface area is 293 Å². The van der Waals surface area contributed by atoms with Gasteiger partial charge in [0.25, 0.3) is 0 Å². The van der Waals surface area contributed by atoms with Gasteiger partial charge in [0.05, 0.1) is 47.9 Å². The molecule has 2 aromatic carbocycles. The van der Waals surface area contributed by atoms with E-state index in [4.69, 9.17) is 42.6 Å². The smallest absolute Gasteiger partial charge is 0.335 e. The number of nitrogens with zero attached hydrogens (tertiary/aromatic N) is 7. The van der Waals surface area contributed by atoms with Crippen LogP contribution in [0.15, 0.2) is 60.9 Å². The molecule has 2 atom stereocenters. The van der Waals surface area contributed by atoms with E-state index in [1.165, 1.54) is 12.1 Å². The van der Waals surface area contributed by atoms with E-state index in [0.717, 1.165) is 17.5 Å². The Morgan fingerprint density at radius 3 is 2.63 bits per heavy atom. The Bertz CT molecular complexity index is 1950. The van der Waals surface area contributed by atoms with Gasteiger partial charge in [-0.05, 0) is 37.3 Å². The minimum atomic E-state index is -1.05. The first-order valence-electron chi connectivity index (χ1n) is 16.3. The van der Waals surface area contributed by atoms with Crippen LogP contribution in [0.25, 0.3) is 11.0 Å². The summed E-state index contributed by atoms with van der Waals surface area (Å²) < 4.78 is 30.3. The molecule has 0 amide bonds. The van der Waals surface area contributed by atoms with E-state index in [9.17, 15) is 14.3 Å². The highest BCUT2D eigenvalue weighted by Gasteiger charge is 2.42. The van der Waals surface area contributed by atoms with Gasteiger partial charge in [0.2, 0.25) is 5.88 Å². The van der Waals surface area contributed by atoms with Gasteiger partial charge >= 0.3 is 5.97 Å². The number of rotatable bonds is 10.